The molecule has 0 saturated heterocycles. The summed E-state index contributed by atoms with van der Waals surface area (Å²) in [5.41, 5.74) is 3.60. The Hall–Kier alpha value is -3.58. The number of nitrogens with zero attached hydrogens (tertiary/aromatic N) is 6. The van der Waals surface area contributed by atoms with Crippen molar-refractivity contribution >= 4 is 51.0 Å². The van der Waals surface area contributed by atoms with Crippen molar-refractivity contribution in [2.45, 2.75) is 39.2 Å². The average Bonchev–Trinajstić information content (AvgIpc) is 3.13. The van der Waals surface area contributed by atoms with Gasteiger partial charge in [0.05, 0.1) is 23.6 Å². The van der Waals surface area contributed by atoms with Gasteiger partial charge in [0.1, 0.15) is 10.9 Å². The molecule has 0 unspecified atom stereocenters. The molecule has 0 amide bonds. The highest BCUT2D eigenvalue weighted by Gasteiger charge is 2.19. The summed E-state index contributed by atoms with van der Waals surface area (Å²) in [6, 6.07) is 15.0. The second-order valence-corrected chi connectivity index (χ2v) is 8.43. The van der Waals surface area contributed by atoms with Crippen molar-refractivity contribution < 1.29 is 0 Å². The van der Waals surface area contributed by atoms with Crippen molar-refractivity contribution in [3.05, 3.63) is 75.8 Å². The number of para-hydroxylation sites is 2. The van der Waals surface area contributed by atoms with Crippen LogP contribution in [0.1, 0.15) is 38.2 Å². The standard InChI is InChI=1S/C25H23ClN6O/c1-2-3-4-7-13-31-16-27-23-21(25(31)33)22-24(30-20-12-6-5-11-19(20)29-22)32(23)28-15-17-9-8-10-18(26)14-17/h5-6,8-12,14-16H,2-4,7,13H2,1H3/b28-15+. The van der Waals surface area contributed by atoms with E-state index in [1.807, 2.05) is 48.5 Å². The van der Waals surface area contributed by atoms with E-state index < -0.39 is 0 Å². The van der Waals surface area contributed by atoms with Gasteiger partial charge in [-0.1, -0.05) is 62.1 Å². The molecule has 0 atom stereocenters. The first-order chi connectivity index (χ1) is 16.2. The van der Waals surface area contributed by atoms with Crippen molar-refractivity contribution in [3.63, 3.8) is 0 Å². The predicted octanol–water partition coefficient (Wildman–Crippen LogP) is 5.41. The van der Waals surface area contributed by atoms with Gasteiger partial charge in [-0.05, 0) is 36.2 Å². The molecule has 0 saturated carbocycles. The van der Waals surface area contributed by atoms with Gasteiger partial charge in [-0.15, -0.1) is 0 Å². The van der Waals surface area contributed by atoms with E-state index >= 15 is 0 Å². The van der Waals surface area contributed by atoms with Crippen molar-refractivity contribution in [1.29, 1.82) is 0 Å². The maximum atomic E-state index is 13.4. The van der Waals surface area contributed by atoms with Crippen molar-refractivity contribution in [2.75, 3.05) is 0 Å². The second kappa shape index (κ2) is 9.11. The molecule has 0 aliphatic carbocycles. The van der Waals surface area contributed by atoms with Crippen LogP contribution in [0.25, 0.3) is 33.2 Å². The van der Waals surface area contributed by atoms with E-state index in [-0.39, 0.29) is 5.56 Å². The Bertz CT molecular complexity index is 1550. The largest absolute Gasteiger partial charge is 0.299 e. The highest BCUT2D eigenvalue weighted by Crippen LogP contribution is 2.25. The number of hydrogen-bond donors (Lipinski definition) is 0. The fraction of sp³-hybridized carbons (Fsp3) is 0.240. The highest BCUT2D eigenvalue weighted by molar-refractivity contribution is 6.30. The molecule has 0 aliphatic rings. The topological polar surface area (TPSA) is 78.0 Å². The minimum Gasteiger partial charge on any atom is -0.299 e. The van der Waals surface area contributed by atoms with E-state index in [1.54, 1.807) is 21.8 Å². The maximum absolute atomic E-state index is 13.4. The summed E-state index contributed by atoms with van der Waals surface area (Å²) in [6.45, 7) is 2.79. The molecule has 0 spiro atoms. The number of unbranched alkanes of at least 4 members (excludes halogenated alkanes) is 3. The molecule has 5 rings (SSSR count). The lowest BCUT2D eigenvalue weighted by Gasteiger charge is -2.05. The van der Waals surface area contributed by atoms with Crippen molar-refractivity contribution in [3.8, 4) is 0 Å². The smallest absolute Gasteiger partial charge is 0.265 e. The molecule has 5 aromatic rings. The summed E-state index contributed by atoms with van der Waals surface area (Å²) in [7, 11) is 0. The molecule has 8 heteroatoms. The van der Waals surface area contributed by atoms with E-state index in [0.29, 0.717) is 33.8 Å². The first-order valence-electron chi connectivity index (χ1n) is 11.1. The minimum atomic E-state index is -0.122. The van der Waals surface area contributed by atoms with Crippen LogP contribution in [0.4, 0.5) is 0 Å². The van der Waals surface area contributed by atoms with Gasteiger partial charge >= 0.3 is 0 Å². The third kappa shape index (κ3) is 4.12. The lowest BCUT2D eigenvalue weighted by atomic mass is 10.2. The van der Waals surface area contributed by atoms with Crippen LogP contribution in [-0.4, -0.2) is 30.4 Å². The summed E-state index contributed by atoms with van der Waals surface area (Å²) >= 11 is 6.11. The van der Waals surface area contributed by atoms with Gasteiger partial charge in [0.15, 0.2) is 11.3 Å². The van der Waals surface area contributed by atoms with Crippen LogP contribution in [0.5, 0.6) is 0 Å². The summed E-state index contributed by atoms with van der Waals surface area (Å²) in [5.74, 6) is 0. The average molecular weight is 459 g/mol. The molecule has 33 heavy (non-hydrogen) atoms. The maximum Gasteiger partial charge on any atom is 0.265 e. The molecule has 0 bridgehead atoms. The second-order valence-electron chi connectivity index (χ2n) is 8.00. The normalized spacial score (nSPS) is 11.9. The van der Waals surface area contributed by atoms with E-state index in [4.69, 9.17) is 21.6 Å². The Kier molecular flexibility index (Phi) is 5.88. The SMILES string of the molecule is CCCCCCn1cnc2c(c1=O)c1nc3ccccc3nc1n2/N=C/c1cccc(Cl)c1. The van der Waals surface area contributed by atoms with E-state index in [0.717, 1.165) is 42.3 Å². The summed E-state index contributed by atoms with van der Waals surface area (Å²) in [4.78, 5) is 27.6. The Morgan fingerprint density at radius 3 is 2.61 bits per heavy atom. The fourth-order valence-electron chi connectivity index (χ4n) is 3.94. The van der Waals surface area contributed by atoms with Crippen LogP contribution in [0, 0.1) is 0 Å². The molecule has 3 aromatic heterocycles. The van der Waals surface area contributed by atoms with Crippen LogP contribution in [0.3, 0.4) is 0 Å². The molecular weight excluding hydrogens is 436 g/mol. The van der Waals surface area contributed by atoms with Crippen LogP contribution < -0.4 is 5.56 Å². The zero-order valence-corrected chi connectivity index (χ0v) is 19.0. The Balaban J connectivity index is 1.71. The van der Waals surface area contributed by atoms with E-state index in [2.05, 4.69) is 17.0 Å². The van der Waals surface area contributed by atoms with Gasteiger partial charge in [0.2, 0.25) is 0 Å². The van der Waals surface area contributed by atoms with Gasteiger partial charge in [-0.2, -0.15) is 9.78 Å². The van der Waals surface area contributed by atoms with Gasteiger partial charge in [0.25, 0.3) is 5.56 Å². The summed E-state index contributed by atoms with van der Waals surface area (Å²) < 4.78 is 3.26. The Morgan fingerprint density at radius 1 is 1.00 bits per heavy atom. The Labute approximate surface area is 195 Å². The number of aryl methyl sites for hydroxylation is 1. The van der Waals surface area contributed by atoms with Gasteiger partial charge in [-0.25, -0.2) is 15.0 Å². The number of hydrogen-bond acceptors (Lipinski definition) is 5. The first kappa shape index (κ1) is 21.3. The molecule has 0 aliphatic heterocycles. The lowest BCUT2D eigenvalue weighted by Crippen LogP contribution is -2.20. The minimum absolute atomic E-state index is 0.122. The molecule has 0 radical (unpaired) electrons. The first-order valence-corrected chi connectivity index (χ1v) is 11.5. The molecule has 2 aromatic carbocycles. The summed E-state index contributed by atoms with van der Waals surface area (Å²) in [6.07, 6.45) is 7.59. The molecule has 7 nitrogen and oxygen atoms in total. The number of halogens is 1. The zero-order chi connectivity index (χ0) is 22.8. The third-order valence-corrected chi connectivity index (χ3v) is 5.87. The van der Waals surface area contributed by atoms with Gasteiger partial charge in [0, 0.05) is 11.6 Å². The van der Waals surface area contributed by atoms with Crippen LogP contribution in [0.2, 0.25) is 5.02 Å². The lowest BCUT2D eigenvalue weighted by molar-refractivity contribution is 0.567. The van der Waals surface area contributed by atoms with Crippen molar-refractivity contribution in [1.82, 2.24) is 24.2 Å². The Morgan fingerprint density at radius 2 is 1.82 bits per heavy atom. The monoisotopic (exact) mass is 458 g/mol. The number of fused-ring (bicyclic) bond motifs is 4. The molecule has 166 valence electrons. The molecule has 0 N–H and O–H groups in total. The van der Waals surface area contributed by atoms with Crippen LogP contribution >= 0.6 is 11.6 Å². The number of benzene rings is 2. The highest BCUT2D eigenvalue weighted by atomic mass is 35.5. The van der Waals surface area contributed by atoms with Gasteiger partial charge < -0.3 is 0 Å². The predicted molar refractivity (Wildman–Crippen MR) is 133 cm³/mol. The quantitative estimate of drug-likeness (QED) is 0.241. The number of rotatable bonds is 7. The van der Waals surface area contributed by atoms with Crippen LogP contribution in [0.15, 0.2) is 64.8 Å². The molecule has 3 heterocycles. The molecule has 0 fully saturated rings. The summed E-state index contributed by atoms with van der Waals surface area (Å²) in [5, 5.41) is 5.67. The molecular formula is C25H23ClN6O. The number of aromatic nitrogens is 5. The van der Waals surface area contributed by atoms with Crippen LogP contribution in [-0.2, 0) is 6.54 Å². The third-order valence-electron chi connectivity index (χ3n) is 5.63. The zero-order valence-electron chi connectivity index (χ0n) is 18.3. The van der Waals surface area contributed by atoms with E-state index in [1.165, 1.54) is 0 Å². The van der Waals surface area contributed by atoms with Crippen molar-refractivity contribution in [2.24, 2.45) is 5.10 Å². The fourth-order valence-corrected chi connectivity index (χ4v) is 4.14. The van der Waals surface area contributed by atoms with E-state index in [9.17, 15) is 4.79 Å². The van der Waals surface area contributed by atoms with Gasteiger partial charge in [-0.3, -0.25) is 9.36 Å².